The maximum absolute atomic E-state index is 11.4. The molecular weight excluding hydrogens is 272 g/mol. The number of carbonyl (C=O) groups is 1. The molecule has 1 atom stereocenters. The average Bonchev–Trinajstić information content (AvgIpc) is 2.44. The standard InChI is InChI=1S/C15H26N2O4/c1-11(2)15(18)21-14(17(19)20)8-7-12-3-5-13(6-4-12)9-10-16/h12-14H,1,3-10,16H2,2H3. The molecule has 0 heterocycles. The van der Waals surface area contributed by atoms with Crippen molar-refractivity contribution < 1.29 is 14.5 Å². The number of hydrogen-bond acceptors (Lipinski definition) is 5. The van der Waals surface area contributed by atoms with Gasteiger partial charge in [-0.1, -0.05) is 32.3 Å². The molecule has 6 nitrogen and oxygen atoms in total. The average molecular weight is 298 g/mol. The van der Waals surface area contributed by atoms with E-state index in [-0.39, 0.29) is 12.0 Å². The Hall–Kier alpha value is -1.43. The molecule has 1 unspecified atom stereocenters. The molecular formula is C15H26N2O4. The van der Waals surface area contributed by atoms with Crippen LogP contribution in [0.3, 0.4) is 0 Å². The van der Waals surface area contributed by atoms with Gasteiger partial charge in [-0.15, -0.1) is 0 Å². The maximum Gasteiger partial charge on any atom is 0.356 e. The summed E-state index contributed by atoms with van der Waals surface area (Å²) in [5.41, 5.74) is 5.75. The van der Waals surface area contributed by atoms with Crippen molar-refractivity contribution >= 4 is 5.97 Å². The van der Waals surface area contributed by atoms with E-state index in [4.69, 9.17) is 10.5 Å². The van der Waals surface area contributed by atoms with Crippen LogP contribution in [0.5, 0.6) is 0 Å². The fourth-order valence-electron chi connectivity index (χ4n) is 2.85. The molecule has 120 valence electrons. The van der Waals surface area contributed by atoms with Crippen LogP contribution >= 0.6 is 0 Å². The van der Waals surface area contributed by atoms with Crippen LogP contribution in [0.2, 0.25) is 0 Å². The van der Waals surface area contributed by atoms with E-state index >= 15 is 0 Å². The van der Waals surface area contributed by atoms with Crippen molar-refractivity contribution in [3.05, 3.63) is 22.3 Å². The van der Waals surface area contributed by atoms with Gasteiger partial charge < -0.3 is 10.5 Å². The molecule has 0 saturated heterocycles. The zero-order valence-electron chi connectivity index (χ0n) is 12.8. The molecule has 0 bridgehead atoms. The molecule has 0 aromatic carbocycles. The van der Waals surface area contributed by atoms with Crippen molar-refractivity contribution in [2.75, 3.05) is 6.54 Å². The SMILES string of the molecule is C=C(C)C(=O)OC(CCC1CCC(CCN)CC1)[N+](=O)[O-]. The highest BCUT2D eigenvalue weighted by Crippen LogP contribution is 2.33. The van der Waals surface area contributed by atoms with Gasteiger partial charge in [0, 0.05) is 5.57 Å². The van der Waals surface area contributed by atoms with E-state index < -0.39 is 17.1 Å². The van der Waals surface area contributed by atoms with Crippen LogP contribution in [0.15, 0.2) is 12.2 Å². The molecule has 0 aliphatic heterocycles. The second-order valence-electron chi connectivity index (χ2n) is 5.97. The third-order valence-electron chi connectivity index (χ3n) is 4.19. The van der Waals surface area contributed by atoms with Crippen molar-refractivity contribution in [1.29, 1.82) is 0 Å². The second kappa shape index (κ2) is 8.77. The largest absolute Gasteiger partial charge is 0.395 e. The fraction of sp³-hybridized carbons (Fsp3) is 0.800. The first-order valence-corrected chi connectivity index (χ1v) is 7.64. The second-order valence-corrected chi connectivity index (χ2v) is 5.97. The van der Waals surface area contributed by atoms with Gasteiger partial charge in [-0.3, -0.25) is 10.1 Å². The van der Waals surface area contributed by atoms with Crippen molar-refractivity contribution in [3.8, 4) is 0 Å². The van der Waals surface area contributed by atoms with Gasteiger partial charge in [0.15, 0.2) is 0 Å². The van der Waals surface area contributed by atoms with Crippen LogP contribution in [0, 0.1) is 22.0 Å². The number of rotatable bonds is 8. The minimum atomic E-state index is -1.25. The Labute approximate surface area is 125 Å². The Morgan fingerprint density at radius 2 is 1.86 bits per heavy atom. The van der Waals surface area contributed by atoms with Gasteiger partial charge in [-0.25, -0.2) is 4.79 Å². The lowest BCUT2D eigenvalue weighted by molar-refractivity contribution is -0.569. The van der Waals surface area contributed by atoms with Gasteiger partial charge in [0.05, 0.1) is 11.3 Å². The number of carbonyl (C=O) groups excluding carboxylic acids is 1. The van der Waals surface area contributed by atoms with Gasteiger partial charge in [0.1, 0.15) is 0 Å². The summed E-state index contributed by atoms with van der Waals surface area (Å²) in [7, 11) is 0. The van der Waals surface area contributed by atoms with Crippen molar-refractivity contribution in [1.82, 2.24) is 0 Å². The molecule has 1 aliphatic carbocycles. The van der Waals surface area contributed by atoms with Gasteiger partial charge in [-0.05, 0) is 38.1 Å². The number of nitrogens with zero attached hydrogens (tertiary/aromatic N) is 1. The molecule has 6 heteroatoms. The summed E-state index contributed by atoms with van der Waals surface area (Å²) >= 11 is 0. The minimum absolute atomic E-state index is 0.184. The lowest BCUT2D eigenvalue weighted by Gasteiger charge is -2.28. The summed E-state index contributed by atoms with van der Waals surface area (Å²) in [6, 6.07) is 0. The predicted octanol–water partition coefficient (Wildman–Crippen LogP) is 2.64. The number of esters is 1. The van der Waals surface area contributed by atoms with Crippen LogP contribution in [0.25, 0.3) is 0 Å². The number of ether oxygens (including phenoxy) is 1. The van der Waals surface area contributed by atoms with Crippen LogP contribution in [0.4, 0.5) is 0 Å². The quantitative estimate of drug-likeness (QED) is 0.244. The highest BCUT2D eigenvalue weighted by molar-refractivity contribution is 5.86. The van der Waals surface area contributed by atoms with Crippen molar-refractivity contribution in [2.45, 2.75) is 58.1 Å². The summed E-state index contributed by atoms with van der Waals surface area (Å²) in [5.74, 6) is 0.507. The number of nitro groups is 1. The predicted molar refractivity (Wildman–Crippen MR) is 80.0 cm³/mol. The molecule has 0 aromatic rings. The zero-order chi connectivity index (χ0) is 15.8. The minimum Gasteiger partial charge on any atom is -0.395 e. The lowest BCUT2D eigenvalue weighted by atomic mass is 9.79. The van der Waals surface area contributed by atoms with E-state index in [0.717, 1.165) is 45.1 Å². The van der Waals surface area contributed by atoms with E-state index in [1.807, 2.05) is 0 Å². The summed E-state index contributed by atoms with van der Waals surface area (Å²) in [6.07, 6.45) is 5.29. The lowest BCUT2D eigenvalue weighted by Crippen LogP contribution is -2.28. The highest BCUT2D eigenvalue weighted by Gasteiger charge is 2.28. The van der Waals surface area contributed by atoms with Gasteiger partial charge in [-0.2, -0.15) is 0 Å². The Bertz CT molecular complexity index is 376. The summed E-state index contributed by atoms with van der Waals surface area (Å²) in [4.78, 5) is 21.8. The maximum atomic E-state index is 11.4. The number of nitrogens with two attached hydrogens (primary N) is 1. The molecule has 0 amide bonds. The fourth-order valence-corrected chi connectivity index (χ4v) is 2.85. The van der Waals surface area contributed by atoms with Crippen LogP contribution < -0.4 is 5.73 Å². The third kappa shape index (κ3) is 6.25. The summed E-state index contributed by atoms with van der Waals surface area (Å²) < 4.78 is 4.87. The first kappa shape index (κ1) is 17.6. The number of hydrogen-bond donors (Lipinski definition) is 1. The molecule has 0 spiro atoms. The van der Waals surface area contributed by atoms with Crippen LogP contribution in [-0.4, -0.2) is 23.7 Å². The molecule has 2 N–H and O–H groups in total. The van der Waals surface area contributed by atoms with Gasteiger partial charge in [0.2, 0.25) is 0 Å². The summed E-state index contributed by atoms with van der Waals surface area (Å²) in [5, 5.41) is 11.0. The van der Waals surface area contributed by atoms with Gasteiger partial charge >= 0.3 is 12.2 Å². The molecule has 1 fully saturated rings. The zero-order valence-corrected chi connectivity index (χ0v) is 12.8. The first-order chi connectivity index (χ1) is 9.93. The molecule has 1 saturated carbocycles. The van der Waals surface area contributed by atoms with Crippen molar-refractivity contribution in [2.24, 2.45) is 17.6 Å². The Balaban J connectivity index is 2.36. The molecule has 21 heavy (non-hydrogen) atoms. The molecule has 1 rings (SSSR count). The highest BCUT2D eigenvalue weighted by atomic mass is 16.7. The normalized spacial score (nSPS) is 23.3. The summed E-state index contributed by atoms with van der Waals surface area (Å²) in [6.45, 7) is 5.65. The van der Waals surface area contributed by atoms with Crippen LogP contribution in [-0.2, 0) is 9.53 Å². The molecule has 0 aromatic heterocycles. The van der Waals surface area contributed by atoms with Crippen LogP contribution in [0.1, 0.15) is 51.9 Å². The van der Waals surface area contributed by atoms with E-state index in [1.165, 1.54) is 6.92 Å². The molecule has 1 aliphatic rings. The Kier molecular flexibility index (Phi) is 7.36. The third-order valence-corrected chi connectivity index (χ3v) is 4.19. The molecule has 0 radical (unpaired) electrons. The van der Waals surface area contributed by atoms with E-state index in [9.17, 15) is 14.9 Å². The monoisotopic (exact) mass is 298 g/mol. The topological polar surface area (TPSA) is 95.5 Å². The van der Waals surface area contributed by atoms with E-state index in [2.05, 4.69) is 6.58 Å². The Morgan fingerprint density at radius 1 is 1.33 bits per heavy atom. The van der Waals surface area contributed by atoms with Crippen molar-refractivity contribution in [3.63, 3.8) is 0 Å². The Morgan fingerprint density at radius 3 is 2.29 bits per heavy atom. The van der Waals surface area contributed by atoms with E-state index in [0.29, 0.717) is 11.8 Å². The van der Waals surface area contributed by atoms with E-state index in [1.54, 1.807) is 0 Å². The van der Waals surface area contributed by atoms with Gasteiger partial charge in [0.25, 0.3) is 0 Å². The first-order valence-electron chi connectivity index (χ1n) is 7.64. The smallest absolute Gasteiger partial charge is 0.356 e.